The minimum absolute atomic E-state index is 0.567. The number of ether oxygens (including phenoxy) is 1. The van der Waals surface area contributed by atoms with Crippen LogP contribution in [0.1, 0.15) is 45.6 Å². The van der Waals surface area contributed by atoms with Crippen molar-refractivity contribution in [1.29, 1.82) is 0 Å². The molecule has 0 aliphatic heterocycles. The second-order valence-electron chi connectivity index (χ2n) is 5.82. The van der Waals surface area contributed by atoms with Crippen molar-refractivity contribution >= 4 is 0 Å². The highest BCUT2D eigenvalue weighted by molar-refractivity contribution is 5.30. The van der Waals surface area contributed by atoms with Crippen LogP contribution in [-0.2, 0) is 0 Å². The molecule has 19 heavy (non-hydrogen) atoms. The van der Waals surface area contributed by atoms with E-state index in [1.807, 2.05) is 7.05 Å². The van der Waals surface area contributed by atoms with Crippen molar-refractivity contribution in [2.24, 2.45) is 11.8 Å². The first-order valence-corrected chi connectivity index (χ1v) is 7.45. The predicted octanol–water partition coefficient (Wildman–Crippen LogP) is 4.07. The molecule has 2 unspecified atom stereocenters. The van der Waals surface area contributed by atoms with Crippen LogP contribution in [0, 0.1) is 11.8 Å². The van der Waals surface area contributed by atoms with E-state index in [9.17, 15) is 0 Å². The summed E-state index contributed by atoms with van der Waals surface area (Å²) in [5.41, 5.74) is 1.40. The van der Waals surface area contributed by atoms with Gasteiger partial charge in [-0.3, -0.25) is 0 Å². The molecule has 0 aliphatic carbocycles. The smallest absolute Gasteiger partial charge is 0.119 e. The average Bonchev–Trinajstić information content (AvgIpc) is 2.42. The van der Waals surface area contributed by atoms with Crippen molar-refractivity contribution in [3.8, 4) is 5.75 Å². The zero-order chi connectivity index (χ0) is 14.3. The summed E-state index contributed by atoms with van der Waals surface area (Å²) in [7, 11) is 2.02. The number of rotatable bonds is 8. The SMILES string of the molecule is CCC(C)C(CNC)c1ccc(OCC(C)C)cc1. The Kier molecular flexibility index (Phi) is 6.93. The van der Waals surface area contributed by atoms with Crippen LogP contribution in [0.15, 0.2) is 24.3 Å². The molecule has 0 aliphatic rings. The lowest BCUT2D eigenvalue weighted by Crippen LogP contribution is -2.22. The monoisotopic (exact) mass is 263 g/mol. The molecule has 1 aromatic rings. The van der Waals surface area contributed by atoms with Crippen LogP contribution in [0.5, 0.6) is 5.75 Å². The predicted molar refractivity (Wildman–Crippen MR) is 82.9 cm³/mol. The molecule has 2 heteroatoms. The summed E-state index contributed by atoms with van der Waals surface area (Å²) < 4.78 is 5.73. The van der Waals surface area contributed by atoms with Gasteiger partial charge in [0.05, 0.1) is 6.61 Å². The lowest BCUT2D eigenvalue weighted by atomic mass is 9.85. The molecule has 2 nitrogen and oxygen atoms in total. The molecule has 0 heterocycles. The molecule has 0 amide bonds. The number of hydrogen-bond acceptors (Lipinski definition) is 2. The number of likely N-dealkylation sites (N-methyl/N-ethyl adjacent to an activating group) is 1. The van der Waals surface area contributed by atoms with E-state index >= 15 is 0 Å². The lowest BCUT2D eigenvalue weighted by molar-refractivity contribution is 0.271. The molecule has 1 rings (SSSR count). The van der Waals surface area contributed by atoms with Gasteiger partial charge in [0.25, 0.3) is 0 Å². The van der Waals surface area contributed by atoms with E-state index in [0.717, 1.165) is 18.9 Å². The molecule has 0 aromatic heterocycles. The van der Waals surface area contributed by atoms with Crippen LogP contribution in [0.25, 0.3) is 0 Å². The van der Waals surface area contributed by atoms with Crippen molar-refractivity contribution in [3.05, 3.63) is 29.8 Å². The van der Waals surface area contributed by atoms with E-state index in [0.29, 0.717) is 17.8 Å². The lowest BCUT2D eigenvalue weighted by Gasteiger charge is -2.23. The van der Waals surface area contributed by atoms with Crippen molar-refractivity contribution < 1.29 is 4.74 Å². The Morgan fingerprint density at radius 2 is 1.74 bits per heavy atom. The third-order valence-corrected chi connectivity index (χ3v) is 3.65. The molecule has 0 saturated carbocycles. The van der Waals surface area contributed by atoms with Gasteiger partial charge in [-0.1, -0.05) is 46.2 Å². The molecule has 0 spiro atoms. The van der Waals surface area contributed by atoms with Crippen molar-refractivity contribution in [1.82, 2.24) is 5.32 Å². The van der Waals surface area contributed by atoms with Gasteiger partial charge in [-0.25, -0.2) is 0 Å². The Labute approximate surface area is 118 Å². The Morgan fingerprint density at radius 1 is 1.11 bits per heavy atom. The Morgan fingerprint density at radius 3 is 2.21 bits per heavy atom. The maximum Gasteiger partial charge on any atom is 0.119 e. The van der Waals surface area contributed by atoms with Crippen molar-refractivity contribution in [2.75, 3.05) is 20.2 Å². The maximum atomic E-state index is 5.73. The van der Waals surface area contributed by atoms with Crippen LogP contribution in [-0.4, -0.2) is 20.2 Å². The largest absolute Gasteiger partial charge is 0.493 e. The van der Waals surface area contributed by atoms with Gasteiger partial charge in [0.15, 0.2) is 0 Å². The molecule has 2 atom stereocenters. The molecule has 0 fully saturated rings. The van der Waals surface area contributed by atoms with Crippen LogP contribution in [0.3, 0.4) is 0 Å². The van der Waals surface area contributed by atoms with Gasteiger partial charge in [-0.15, -0.1) is 0 Å². The zero-order valence-corrected chi connectivity index (χ0v) is 13.1. The minimum atomic E-state index is 0.567. The highest BCUT2D eigenvalue weighted by atomic mass is 16.5. The van der Waals surface area contributed by atoms with Gasteiger partial charge in [0.1, 0.15) is 5.75 Å². The van der Waals surface area contributed by atoms with Gasteiger partial charge in [0.2, 0.25) is 0 Å². The second kappa shape index (κ2) is 8.21. The van der Waals surface area contributed by atoms with Crippen molar-refractivity contribution in [3.63, 3.8) is 0 Å². The first kappa shape index (κ1) is 16.0. The summed E-state index contributed by atoms with van der Waals surface area (Å²) >= 11 is 0. The summed E-state index contributed by atoms with van der Waals surface area (Å²) in [6.45, 7) is 10.7. The standard InChI is InChI=1S/C17H29NO/c1-6-14(4)17(11-18-5)15-7-9-16(10-8-15)19-12-13(2)3/h7-10,13-14,17-18H,6,11-12H2,1-5H3. The average molecular weight is 263 g/mol. The normalized spacial score (nSPS) is 14.4. The van der Waals surface area contributed by atoms with Crippen LogP contribution < -0.4 is 10.1 Å². The van der Waals surface area contributed by atoms with E-state index in [-0.39, 0.29) is 0 Å². The summed E-state index contributed by atoms with van der Waals surface area (Å²) in [4.78, 5) is 0. The van der Waals surface area contributed by atoms with Gasteiger partial charge < -0.3 is 10.1 Å². The topological polar surface area (TPSA) is 21.3 Å². The fourth-order valence-corrected chi connectivity index (χ4v) is 2.23. The molecule has 1 aromatic carbocycles. The Balaban J connectivity index is 2.71. The zero-order valence-electron chi connectivity index (χ0n) is 13.1. The number of nitrogens with one attached hydrogen (secondary N) is 1. The van der Waals surface area contributed by atoms with Gasteiger partial charge >= 0.3 is 0 Å². The van der Waals surface area contributed by atoms with Gasteiger partial charge in [-0.2, -0.15) is 0 Å². The summed E-state index contributed by atoms with van der Waals surface area (Å²) in [5.74, 6) is 2.81. The van der Waals surface area contributed by atoms with E-state index in [1.54, 1.807) is 0 Å². The quantitative estimate of drug-likeness (QED) is 0.763. The van der Waals surface area contributed by atoms with E-state index in [4.69, 9.17) is 4.74 Å². The Bertz CT molecular complexity index is 345. The number of benzene rings is 1. The third kappa shape index (κ3) is 5.23. The first-order chi connectivity index (χ1) is 9.08. The molecule has 0 bridgehead atoms. The van der Waals surface area contributed by atoms with Crippen LogP contribution in [0.2, 0.25) is 0 Å². The Hall–Kier alpha value is -1.02. The summed E-state index contributed by atoms with van der Waals surface area (Å²) in [6.07, 6.45) is 1.21. The van der Waals surface area contributed by atoms with Crippen LogP contribution in [0.4, 0.5) is 0 Å². The molecule has 0 saturated heterocycles. The fourth-order valence-electron chi connectivity index (χ4n) is 2.23. The number of hydrogen-bond donors (Lipinski definition) is 1. The summed E-state index contributed by atoms with van der Waals surface area (Å²) in [6, 6.07) is 8.62. The molecular formula is C17H29NO. The molecule has 1 N–H and O–H groups in total. The molecule has 108 valence electrons. The second-order valence-corrected chi connectivity index (χ2v) is 5.82. The van der Waals surface area contributed by atoms with E-state index in [1.165, 1.54) is 12.0 Å². The van der Waals surface area contributed by atoms with Gasteiger partial charge in [-0.05, 0) is 42.5 Å². The van der Waals surface area contributed by atoms with E-state index < -0.39 is 0 Å². The third-order valence-electron chi connectivity index (χ3n) is 3.65. The highest BCUT2D eigenvalue weighted by Crippen LogP contribution is 2.27. The summed E-state index contributed by atoms with van der Waals surface area (Å²) in [5, 5.41) is 3.30. The minimum Gasteiger partial charge on any atom is -0.493 e. The highest BCUT2D eigenvalue weighted by Gasteiger charge is 2.17. The first-order valence-electron chi connectivity index (χ1n) is 7.45. The van der Waals surface area contributed by atoms with Crippen molar-refractivity contribution in [2.45, 2.75) is 40.0 Å². The van der Waals surface area contributed by atoms with Gasteiger partial charge in [0, 0.05) is 6.54 Å². The fraction of sp³-hybridized carbons (Fsp3) is 0.647. The molecular weight excluding hydrogens is 234 g/mol. The van der Waals surface area contributed by atoms with E-state index in [2.05, 4.69) is 57.3 Å². The maximum absolute atomic E-state index is 5.73. The molecule has 0 radical (unpaired) electrons. The van der Waals surface area contributed by atoms with Crippen LogP contribution >= 0.6 is 0 Å².